The van der Waals surface area contributed by atoms with Gasteiger partial charge in [0, 0.05) is 45.8 Å². The minimum atomic E-state index is -0.702. The fraction of sp³-hybridized carbons (Fsp3) is 0.700. The number of aromatic amines is 1. The Labute approximate surface area is 175 Å². The lowest BCUT2D eigenvalue weighted by atomic mass is 10.1. The van der Waals surface area contributed by atoms with Gasteiger partial charge in [-0.15, -0.1) is 0 Å². The maximum atomic E-state index is 13.4. The van der Waals surface area contributed by atoms with Crippen molar-refractivity contribution in [2.75, 3.05) is 37.4 Å². The maximum absolute atomic E-state index is 13.4. The Balaban J connectivity index is 1.95. The molecule has 0 spiro atoms. The second-order valence-corrected chi connectivity index (χ2v) is 8.51. The molecule has 3 N–H and O–H groups in total. The molecule has 2 fully saturated rings. The molecule has 1 aromatic rings. The Morgan fingerprint density at radius 1 is 1.30 bits per heavy atom. The van der Waals surface area contributed by atoms with Crippen LogP contribution >= 0.6 is 0 Å². The fourth-order valence-corrected chi connectivity index (χ4v) is 3.94. The molecule has 0 radical (unpaired) electrons. The molecule has 1 aliphatic heterocycles. The summed E-state index contributed by atoms with van der Waals surface area (Å²) in [6, 6.07) is 0.235. The molecule has 1 unspecified atom stereocenters. The minimum absolute atomic E-state index is 0.0284. The fourth-order valence-electron chi connectivity index (χ4n) is 3.94. The second kappa shape index (κ2) is 9.03. The van der Waals surface area contributed by atoms with Crippen molar-refractivity contribution in [3.63, 3.8) is 0 Å². The number of nitrogen functional groups attached to an aromatic ring is 1. The Bertz CT molecular complexity index is 917. The highest BCUT2D eigenvalue weighted by molar-refractivity contribution is 6.00. The number of hydrogen-bond acceptors (Lipinski definition) is 6. The van der Waals surface area contributed by atoms with Gasteiger partial charge >= 0.3 is 5.69 Å². The predicted molar refractivity (Wildman–Crippen MR) is 112 cm³/mol. The molecular formula is C20H31N5O5. The average molecular weight is 421 g/mol. The molecule has 1 saturated heterocycles. The highest BCUT2D eigenvalue weighted by Crippen LogP contribution is 2.34. The van der Waals surface area contributed by atoms with Crippen LogP contribution in [0.4, 0.5) is 11.5 Å². The maximum Gasteiger partial charge on any atom is 0.330 e. The van der Waals surface area contributed by atoms with Crippen molar-refractivity contribution >= 4 is 23.3 Å². The SMILES string of the molecule is COCCCN(C(=O)C1CC(=O)N(C2CC2)C1)c1c(N)n(CC(C)C)c(=O)[nH]c1=O. The van der Waals surface area contributed by atoms with Gasteiger partial charge in [0.2, 0.25) is 11.8 Å². The molecule has 2 aliphatic rings. The van der Waals surface area contributed by atoms with Crippen LogP contribution in [0.15, 0.2) is 9.59 Å². The number of H-pyrrole nitrogens is 1. The van der Waals surface area contributed by atoms with Crippen LogP contribution in [0.25, 0.3) is 0 Å². The van der Waals surface area contributed by atoms with Crippen molar-refractivity contribution in [2.45, 2.75) is 52.1 Å². The average Bonchev–Trinajstić information content (AvgIpc) is 3.44. The van der Waals surface area contributed by atoms with Crippen molar-refractivity contribution in [1.82, 2.24) is 14.5 Å². The first kappa shape index (κ1) is 22.1. The third kappa shape index (κ3) is 4.58. The number of carbonyl (C=O) groups is 2. The summed E-state index contributed by atoms with van der Waals surface area (Å²) in [4.78, 5) is 56.1. The number of methoxy groups -OCH3 is 1. The van der Waals surface area contributed by atoms with Crippen LogP contribution in [0.3, 0.4) is 0 Å². The number of hydrogen-bond donors (Lipinski definition) is 2. The van der Waals surface area contributed by atoms with E-state index in [1.54, 1.807) is 12.0 Å². The van der Waals surface area contributed by atoms with E-state index < -0.39 is 17.2 Å². The van der Waals surface area contributed by atoms with Gasteiger partial charge in [0.15, 0.2) is 5.69 Å². The quantitative estimate of drug-likeness (QED) is 0.546. The molecular weight excluding hydrogens is 390 g/mol. The lowest BCUT2D eigenvalue weighted by Gasteiger charge is -2.27. The number of amides is 2. The molecule has 2 heterocycles. The summed E-state index contributed by atoms with van der Waals surface area (Å²) < 4.78 is 6.38. The third-order valence-electron chi connectivity index (χ3n) is 5.52. The highest BCUT2D eigenvalue weighted by Gasteiger charge is 2.43. The van der Waals surface area contributed by atoms with Gasteiger partial charge in [-0.2, -0.15) is 0 Å². The zero-order chi connectivity index (χ0) is 22.0. The van der Waals surface area contributed by atoms with Crippen LogP contribution in [0, 0.1) is 11.8 Å². The van der Waals surface area contributed by atoms with E-state index in [0.717, 1.165) is 12.8 Å². The number of anilines is 2. The number of rotatable bonds is 9. The van der Waals surface area contributed by atoms with Gasteiger partial charge in [-0.25, -0.2) is 4.79 Å². The van der Waals surface area contributed by atoms with Gasteiger partial charge < -0.3 is 20.3 Å². The number of aromatic nitrogens is 2. The van der Waals surface area contributed by atoms with Crippen molar-refractivity contribution in [3.8, 4) is 0 Å². The number of nitrogens with two attached hydrogens (primary N) is 1. The summed E-state index contributed by atoms with van der Waals surface area (Å²) >= 11 is 0. The topological polar surface area (TPSA) is 131 Å². The van der Waals surface area contributed by atoms with E-state index in [9.17, 15) is 19.2 Å². The molecule has 2 amide bonds. The second-order valence-electron chi connectivity index (χ2n) is 8.51. The normalized spacial score (nSPS) is 19.0. The van der Waals surface area contributed by atoms with Crippen LogP contribution in [0.2, 0.25) is 0 Å². The molecule has 0 bridgehead atoms. The molecule has 1 saturated carbocycles. The Hall–Kier alpha value is -2.62. The van der Waals surface area contributed by atoms with Crippen molar-refractivity contribution in [1.29, 1.82) is 0 Å². The molecule has 1 atom stereocenters. The molecule has 10 nitrogen and oxygen atoms in total. The summed E-state index contributed by atoms with van der Waals surface area (Å²) in [5, 5.41) is 0. The Kier molecular flexibility index (Phi) is 6.64. The minimum Gasteiger partial charge on any atom is -0.385 e. The first-order chi connectivity index (χ1) is 14.2. The van der Waals surface area contributed by atoms with Crippen LogP contribution in [-0.4, -0.2) is 59.1 Å². The van der Waals surface area contributed by atoms with Crippen LogP contribution in [-0.2, 0) is 20.9 Å². The van der Waals surface area contributed by atoms with Gasteiger partial charge in [-0.1, -0.05) is 13.8 Å². The van der Waals surface area contributed by atoms with Gasteiger partial charge in [0.1, 0.15) is 5.82 Å². The molecule has 1 aromatic heterocycles. The smallest absolute Gasteiger partial charge is 0.330 e. The molecule has 0 aromatic carbocycles. The van der Waals surface area contributed by atoms with E-state index in [4.69, 9.17) is 10.5 Å². The Morgan fingerprint density at radius 2 is 2.00 bits per heavy atom. The zero-order valence-corrected chi connectivity index (χ0v) is 17.8. The van der Waals surface area contributed by atoms with E-state index >= 15 is 0 Å². The standard InChI is InChI=1S/C20H31N5O5/c1-12(2)10-25-17(21)16(18(27)22-20(25)29)23(7-4-8-30-3)19(28)13-9-15(26)24(11-13)14-5-6-14/h12-14H,4-11,21H2,1-3H3,(H,22,27,29). The monoisotopic (exact) mass is 421 g/mol. The predicted octanol–water partition coefficient (Wildman–Crippen LogP) is 0.155. The van der Waals surface area contributed by atoms with Crippen molar-refractivity contribution in [3.05, 3.63) is 20.8 Å². The molecule has 30 heavy (non-hydrogen) atoms. The molecule has 3 rings (SSSR count). The zero-order valence-electron chi connectivity index (χ0n) is 17.8. The van der Waals surface area contributed by atoms with Crippen LogP contribution in [0.5, 0.6) is 0 Å². The summed E-state index contributed by atoms with van der Waals surface area (Å²) in [6.07, 6.45) is 2.55. The third-order valence-corrected chi connectivity index (χ3v) is 5.52. The first-order valence-electron chi connectivity index (χ1n) is 10.5. The summed E-state index contributed by atoms with van der Waals surface area (Å²) in [6.45, 7) is 5.11. The summed E-state index contributed by atoms with van der Waals surface area (Å²) in [5.41, 5.74) is 4.89. The summed E-state index contributed by atoms with van der Waals surface area (Å²) in [7, 11) is 1.55. The van der Waals surface area contributed by atoms with Crippen molar-refractivity contribution in [2.24, 2.45) is 11.8 Å². The molecule has 10 heteroatoms. The lowest BCUT2D eigenvalue weighted by Crippen LogP contribution is -2.45. The Morgan fingerprint density at radius 3 is 2.60 bits per heavy atom. The van der Waals surface area contributed by atoms with Gasteiger partial charge in [0.05, 0.1) is 5.92 Å². The van der Waals surface area contributed by atoms with Crippen molar-refractivity contribution < 1.29 is 14.3 Å². The van der Waals surface area contributed by atoms with Gasteiger partial charge in [-0.05, 0) is 25.2 Å². The number of nitrogens with one attached hydrogen (secondary N) is 1. The largest absolute Gasteiger partial charge is 0.385 e. The molecule has 166 valence electrons. The lowest BCUT2D eigenvalue weighted by molar-refractivity contribution is -0.128. The van der Waals surface area contributed by atoms with E-state index in [1.807, 2.05) is 13.8 Å². The van der Waals surface area contributed by atoms with Crippen LogP contribution in [0.1, 0.15) is 39.5 Å². The summed E-state index contributed by atoms with van der Waals surface area (Å²) in [5.74, 6) is -0.814. The van der Waals surface area contributed by atoms with Gasteiger partial charge in [-0.3, -0.25) is 23.9 Å². The number of carbonyl (C=O) groups excluding carboxylic acids is 2. The van der Waals surface area contributed by atoms with E-state index in [0.29, 0.717) is 26.1 Å². The number of ether oxygens (including phenoxy) is 1. The molecule has 1 aliphatic carbocycles. The first-order valence-corrected chi connectivity index (χ1v) is 10.5. The van der Waals surface area contributed by atoms with E-state index in [-0.39, 0.29) is 48.2 Å². The number of nitrogens with zero attached hydrogens (tertiary/aromatic N) is 3. The van der Waals surface area contributed by atoms with Crippen LogP contribution < -0.4 is 21.9 Å². The van der Waals surface area contributed by atoms with E-state index in [2.05, 4.69) is 4.98 Å². The highest BCUT2D eigenvalue weighted by atomic mass is 16.5. The van der Waals surface area contributed by atoms with E-state index in [1.165, 1.54) is 9.47 Å². The van der Waals surface area contributed by atoms with Gasteiger partial charge in [0.25, 0.3) is 5.56 Å². The number of likely N-dealkylation sites (tertiary alicyclic amines) is 1.